The van der Waals surface area contributed by atoms with Crippen molar-refractivity contribution in [3.05, 3.63) is 23.8 Å². The highest BCUT2D eigenvalue weighted by Gasteiger charge is 2.16. The predicted octanol–water partition coefficient (Wildman–Crippen LogP) is 2.03. The van der Waals surface area contributed by atoms with Gasteiger partial charge in [-0.15, -0.1) is 0 Å². The third kappa shape index (κ3) is 6.84. The van der Waals surface area contributed by atoms with E-state index in [1.165, 1.54) is 32.4 Å². The van der Waals surface area contributed by atoms with Crippen molar-refractivity contribution in [1.29, 1.82) is 0 Å². The number of methoxy groups -OCH3 is 1. The molecular weight excluding hydrogens is 330 g/mol. The summed E-state index contributed by atoms with van der Waals surface area (Å²) in [6.07, 6.45) is 3.85. The number of likely N-dealkylation sites (N-methyl/N-ethyl adjacent to an activating group) is 1. The van der Waals surface area contributed by atoms with Crippen molar-refractivity contribution in [2.24, 2.45) is 5.92 Å². The number of hydrogen-bond acceptors (Lipinski definition) is 5. The van der Waals surface area contributed by atoms with Crippen LogP contribution in [-0.2, 0) is 11.3 Å². The molecule has 1 aromatic carbocycles. The van der Waals surface area contributed by atoms with Gasteiger partial charge in [0.25, 0.3) is 5.91 Å². The van der Waals surface area contributed by atoms with Gasteiger partial charge in [-0.1, -0.05) is 6.07 Å². The second kappa shape index (κ2) is 11.0. The summed E-state index contributed by atoms with van der Waals surface area (Å²) in [4.78, 5) is 13.9. The highest BCUT2D eigenvalue weighted by molar-refractivity contribution is 5.77. The topological polar surface area (TPSA) is 62.8 Å². The van der Waals surface area contributed by atoms with Gasteiger partial charge < -0.3 is 25.0 Å². The monoisotopic (exact) mass is 363 g/mol. The van der Waals surface area contributed by atoms with Crippen LogP contribution < -0.4 is 20.1 Å². The standard InChI is InChI=1S/C20H33N3O3/c1-4-22-20(24)15-26-18-6-5-17(13-19(18)25-3)14-21-10-7-16-8-11-23(2)12-9-16/h5-6,13,16,21H,4,7-12,14-15H2,1-3H3,(H,22,24). The van der Waals surface area contributed by atoms with Crippen molar-refractivity contribution < 1.29 is 14.3 Å². The lowest BCUT2D eigenvalue weighted by molar-refractivity contribution is -0.123. The van der Waals surface area contributed by atoms with E-state index in [1.807, 2.05) is 25.1 Å². The van der Waals surface area contributed by atoms with Crippen LogP contribution in [-0.4, -0.2) is 57.8 Å². The van der Waals surface area contributed by atoms with Crippen LogP contribution in [0.5, 0.6) is 11.5 Å². The molecule has 0 aliphatic carbocycles. The summed E-state index contributed by atoms with van der Waals surface area (Å²) >= 11 is 0. The fraction of sp³-hybridized carbons (Fsp3) is 0.650. The van der Waals surface area contributed by atoms with Crippen LogP contribution in [0.25, 0.3) is 0 Å². The summed E-state index contributed by atoms with van der Waals surface area (Å²) in [5.41, 5.74) is 1.15. The van der Waals surface area contributed by atoms with Gasteiger partial charge in [0.1, 0.15) is 0 Å². The second-order valence-corrected chi connectivity index (χ2v) is 6.94. The molecule has 1 aliphatic heterocycles. The van der Waals surface area contributed by atoms with E-state index in [2.05, 4.69) is 22.6 Å². The Morgan fingerprint density at radius 2 is 2.04 bits per heavy atom. The van der Waals surface area contributed by atoms with Gasteiger partial charge in [0.05, 0.1) is 7.11 Å². The minimum Gasteiger partial charge on any atom is -0.493 e. The lowest BCUT2D eigenvalue weighted by atomic mass is 9.94. The SMILES string of the molecule is CCNC(=O)COc1ccc(CNCCC2CCN(C)CC2)cc1OC. The predicted molar refractivity (Wildman–Crippen MR) is 104 cm³/mol. The van der Waals surface area contributed by atoms with Gasteiger partial charge in [0.2, 0.25) is 0 Å². The first-order chi connectivity index (χ1) is 12.6. The Bertz CT molecular complexity index is 557. The molecule has 0 atom stereocenters. The van der Waals surface area contributed by atoms with E-state index in [-0.39, 0.29) is 12.5 Å². The van der Waals surface area contributed by atoms with E-state index in [9.17, 15) is 4.79 Å². The lowest BCUT2D eigenvalue weighted by Crippen LogP contribution is -2.31. The molecule has 0 unspecified atom stereocenters. The molecule has 0 spiro atoms. The van der Waals surface area contributed by atoms with Crippen molar-refractivity contribution in [3.8, 4) is 11.5 Å². The van der Waals surface area contributed by atoms with Gasteiger partial charge in [-0.2, -0.15) is 0 Å². The van der Waals surface area contributed by atoms with Gasteiger partial charge in [0, 0.05) is 13.1 Å². The van der Waals surface area contributed by atoms with Crippen LogP contribution >= 0.6 is 0 Å². The van der Waals surface area contributed by atoms with Gasteiger partial charge in [-0.25, -0.2) is 0 Å². The van der Waals surface area contributed by atoms with Crippen LogP contribution in [0.4, 0.5) is 0 Å². The third-order valence-corrected chi connectivity index (χ3v) is 4.86. The summed E-state index contributed by atoms with van der Waals surface area (Å²) in [7, 11) is 3.82. The van der Waals surface area contributed by atoms with E-state index < -0.39 is 0 Å². The first kappa shape index (κ1) is 20.5. The molecule has 146 valence electrons. The molecule has 1 amide bonds. The first-order valence-electron chi connectivity index (χ1n) is 9.58. The Balaban J connectivity index is 1.74. The Morgan fingerprint density at radius 3 is 2.73 bits per heavy atom. The summed E-state index contributed by atoms with van der Waals surface area (Å²) in [6.45, 7) is 6.76. The number of likely N-dealkylation sites (tertiary alicyclic amines) is 1. The summed E-state index contributed by atoms with van der Waals surface area (Å²) in [6, 6.07) is 5.85. The molecule has 1 aliphatic rings. The Labute approximate surface area is 157 Å². The fourth-order valence-corrected chi connectivity index (χ4v) is 3.22. The zero-order chi connectivity index (χ0) is 18.8. The van der Waals surface area contributed by atoms with Gasteiger partial charge in [0.15, 0.2) is 18.1 Å². The van der Waals surface area contributed by atoms with Gasteiger partial charge in [-0.05, 0) is 76.5 Å². The second-order valence-electron chi connectivity index (χ2n) is 6.94. The third-order valence-electron chi connectivity index (χ3n) is 4.86. The molecule has 26 heavy (non-hydrogen) atoms. The Morgan fingerprint density at radius 1 is 1.27 bits per heavy atom. The Hall–Kier alpha value is -1.79. The van der Waals surface area contributed by atoms with E-state index in [0.29, 0.717) is 18.0 Å². The lowest BCUT2D eigenvalue weighted by Gasteiger charge is -2.28. The van der Waals surface area contributed by atoms with Crippen LogP contribution in [0, 0.1) is 5.92 Å². The maximum absolute atomic E-state index is 11.5. The van der Waals surface area contributed by atoms with Crippen molar-refractivity contribution in [2.45, 2.75) is 32.7 Å². The van der Waals surface area contributed by atoms with Crippen molar-refractivity contribution in [2.75, 3.05) is 46.9 Å². The molecular formula is C20H33N3O3. The molecule has 1 fully saturated rings. The van der Waals surface area contributed by atoms with Gasteiger partial charge >= 0.3 is 0 Å². The minimum absolute atomic E-state index is 0.00161. The largest absolute Gasteiger partial charge is 0.493 e. The molecule has 1 heterocycles. The fourth-order valence-electron chi connectivity index (χ4n) is 3.22. The molecule has 2 rings (SSSR count). The molecule has 0 saturated carbocycles. The van der Waals surface area contributed by atoms with E-state index >= 15 is 0 Å². The van der Waals surface area contributed by atoms with Crippen molar-refractivity contribution in [3.63, 3.8) is 0 Å². The maximum atomic E-state index is 11.5. The van der Waals surface area contributed by atoms with Crippen LogP contribution in [0.15, 0.2) is 18.2 Å². The summed E-state index contributed by atoms with van der Waals surface area (Å²) < 4.78 is 11.0. The number of carbonyl (C=O) groups is 1. The molecule has 0 aromatic heterocycles. The molecule has 0 bridgehead atoms. The average Bonchev–Trinajstić information content (AvgIpc) is 2.65. The van der Waals surface area contributed by atoms with Gasteiger partial charge in [-0.3, -0.25) is 4.79 Å². The number of piperidine rings is 1. The van der Waals surface area contributed by atoms with Crippen LogP contribution in [0.1, 0.15) is 31.7 Å². The zero-order valence-electron chi connectivity index (χ0n) is 16.3. The number of amides is 1. The minimum atomic E-state index is -0.130. The maximum Gasteiger partial charge on any atom is 0.257 e. The molecule has 1 aromatic rings. The smallest absolute Gasteiger partial charge is 0.257 e. The quantitative estimate of drug-likeness (QED) is 0.623. The molecule has 1 saturated heterocycles. The zero-order valence-corrected chi connectivity index (χ0v) is 16.3. The summed E-state index contributed by atoms with van der Waals surface area (Å²) in [5.74, 6) is 1.96. The van der Waals surface area contributed by atoms with Crippen LogP contribution in [0.3, 0.4) is 0 Å². The summed E-state index contributed by atoms with van der Waals surface area (Å²) in [5, 5.41) is 6.23. The highest BCUT2D eigenvalue weighted by atomic mass is 16.5. The first-order valence-corrected chi connectivity index (χ1v) is 9.58. The molecule has 6 heteroatoms. The van der Waals surface area contributed by atoms with E-state index in [1.54, 1.807) is 7.11 Å². The molecule has 0 radical (unpaired) electrons. The molecule has 6 nitrogen and oxygen atoms in total. The Kier molecular flexibility index (Phi) is 8.71. The van der Waals surface area contributed by atoms with Crippen molar-refractivity contribution in [1.82, 2.24) is 15.5 Å². The number of hydrogen-bond donors (Lipinski definition) is 2. The number of ether oxygens (including phenoxy) is 2. The van der Waals surface area contributed by atoms with Crippen LogP contribution in [0.2, 0.25) is 0 Å². The number of nitrogens with one attached hydrogen (secondary N) is 2. The van der Waals surface area contributed by atoms with E-state index in [0.717, 1.165) is 24.6 Å². The van der Waals surface area contributed by atoms with Crippen molar-refractivity contribution >= 4 is 5.91 Å². The number of nitrogens with zero attached hydrogens (tertiary/aromatic N) is 1. The highest BCUT2D eigenvalue weighted by Crippen LogP contribution is 2.28. The average molecular weight is 364 g/mol. The number of carbonyl (C=O) groups excluding carboxylic acids is 1. The number of rotatable bonds is 10. The van der Waals surface area contributed by atoms with E-state index in [4.69, 9.17) is 9.47 Å². The number of benzene rings is 1. The molecule has 2 N–H and O–H groups in total. The normalized spacial score (nSPS) is 15.7.